The van der Waals surface area contributed by atoms with E-state index < -0.39 is 0 Å². The van der Waals surface area contributed by atoms with Gasteiger partial charge in [-0.3, -0.25) is 4.90 Å². The number of ether oxygens (including phenoxy) is 1. The molecule has 2 rings (SSSR count). The van der Waals surface area contributed by atoms with Crippen LogP contribution in [-0.2, 0) is 0 Å². The summed E-state index contributed by atoms with van der Waals surface area (Å²) in [6.07, 6.45) is 0. The van der Waals surface area contributed by atoms with Gasteiger partial charge >= 0.3 is 0 Å². The van der Waals surface area contributed by atoms with Gasteiger partial charge in [-0.25, -0.2) is 0 Å². The minimum atomic E-state index is 0.216. The molecule has 1 aromatic carbocycles. The van der Waals surface area contributed by atoms with Crippen LogP contribution in [0.5, 0.6) is 5.75 Å². The molecule has 0 spiro atoms. The van der Waals surface area contributed by atoms with E-state index in [0.29, 0.717) is 0 Å². The van der Waals surface area contributed by atoms with Gasteiger partial charge in [-0.1, -0.05) is 19.1 Å². The van der Waals surface area contributed by atoms with Crippen molar-refractivity contribution in [1.82, 2.24) is 4.90 Å². The average Bonchev–Trinajstić information content (AvgIpc) is 2.37. The maximum atomic E-state index is 5.46. The first-order valence-corrected chi connectivity index (χ1v) is 6.71. The molecule has 1 aliphatic rings. The van der Waals surface area contributed by atoms with Crippen LogP contribution in [0.25, 0.3) is 0 Å². The largest absolute Gasteiger partial charge is 0.495 e. The van der Waals surface area contributed by atoms with Gasteiger partial charge in [0.1, 0.15) is 5.75 Å². The molecule has 1 aliphatic heterocycles. The fraction of sp³-hybridized carbons (Fsp3) is 0.600. The Kier molecular flexibility index (Phi) is 3.81. The minimum Gasteiger partial charge on any atom is -0.495 e. The van der Waals surface area contributed by atoms with Gasteiger partial charge in [0.2, 0.25) is 0 Å². The molecule has 0 amide bonds. The normalized spacial score (nSPS) is 19.9. The molecule has 0 unspecified atom stereocenters. The second-order valence-electron chi connectivity index (χ2n) is 5.49. The van der Waals surface area contributed by atoms with Crippen LogP contribution < -0.4 is 9.64 Å². The van der Waals surface area contributed by atoms with Gasteiger partial charge < -0.3 is 9.64 Å². The number of hydrogen-bond acceptors (Lipinski definition) is 3. The molecule has 0 aromatic heterocycles. The lowest BCUT2D eigenvalue weighted by atomic mass is 9.98. The standard InChI is InChI=1S/C15H24N2O/c1-5-17-11-10-16(12-15(17,2)3)13-8-6-7-9-14(13)18-4/h6-9H,5,10-12H2,1-4H3. The van der Waals surface area contributed by atoms with Crippen molar-refractivity contribution in [3.63, 3.8) is 0 Å². The van der Waals surface area contributed by atoms with Crippen LogP contribution in [0.15, 0.2) is 24.3 Å². The minimum absolute atomic E-state index is 0.216. The molecule has 3 heteroatoms. The van der Waals surface area contributed by atoms with Crippen molar-refractivity contribution in [1.29, 1.82) is 0 Å². The number of methoxy groups -OCH3 is 1. The predicted octanol–water partition coefficient (Wildman–Crippen LogP) is 2.62. The molecule has 1 aromatic rings. The number of anilines is 1. The molecule has 0 N–H and O–H groups in total. The first-order chi connectivity index (χ1) is 8.58. The third-order valence-electron chi connectivity index (χ3n) is 3.88. The first-order valence-electron chi connectivity index (χ1n) is 6.71. The molecule has 0 saturated carbocycles. The fourth-order valence-corrected chi connectivity index (χ4v) is 2.87. The zero-order chi connectivity index (χ0) is 13.2. The summed E-state index contributed by atoms with van der Waals surface area (Å²) in [5, 5.41) is 0. The molecular formula is C15H24N2O. The molecular weight excluding hydrogens is 224 g/mol. The van der Waals surface area contributed by atoms with Gasteiger partial charge in [-0.05, 0) is 32.5 Å². The Hall–Kier alpha value is -1.22. The Morgan fingerprint density at radius 3 is 2.56 bits per heavy atom. The lowest BCUT2D eigenvalue weighted by Crippen LogP contribution is -2.59. The highest BCUT2D eigenvalue weighted by atomic mass is 16.5. The van der Waals surface area contributed by atoms with Gasteiger partial charge in [0, 0.05) is 25.2 Å². The zero-order valence-electron chi connectivity index (χ0n) is 11.9. The molecule has 18 heavy (non-hydrogen) atoms. The fourth-order valence-electron chi connectivity index (χ4n) is 2.87. The summed E-state index contributed by atoms with van der Waals surface area (Å²) in [4.78, 5) is 4.98. The maximum Gasteiger partial charge on any atom is 0.142 e. The molecule has 0 atom stereocenters. The quantitative estimate of drug-likeness (QED) is 0.818. The Morgan fingerprint density at radius 1 is 1.22 bits per heavy atom. The highest BCUT2D eigenvalue weighted by molar-refractivity contribution is 5.59. The second-order valence-corrected chi connectivity index (χ2v) is 5.49. The summed E-state index contributed by atoms with van der Waals surface area (Å²) >= 11 is 0. The predicted molar refractivity (Wildman–Crippen MR) is 76.5 cm³/mol. The number of likely N-dealkylation sites (N-methyl/N-ethyl adjacent to an activating group) is 1. The van der Waals surface area contributed by atoms with E-state index in [2.05, 4.69) is 42.7 Å². The maximum absolute atomic E-state index is 5.46. The van der Waals surface area contributed by atoms with Gasteiger partial charge in [0.15, 0.2) is 0 Å². The summed E-state index contributed by atoms with van der Waals surface area (Å²) in [5.74, 6) is 0.971. The molecule has 1 fully saturated rings. The number of nitrogens with zero attached hydrogens (tertiary/aromatic N) is 2. The van der Waals surface area contributed by atoms with Gasteiger partial charge in [-0.15, -0.1) is 0 Å². The van der Waals surface area contributed by atoms with Crippen molar-refractivity contribution < 1.29 is 4.74 Å². The molecule has 100 valence electrons. The van der Waals surface area contributed by atoms with Gasteiger partial charge in [0.05, 0.1) is 12.8 Å². The van der Waals surface area contributed by atoms with Crippen molar-refractivity contribution in [2.45, 2.75) is 26.3 Å². The van der Waals surface area contributed by atoms with E-state index in [9.17, 15) is 0 Å². The van der Waals surface area contributed by atoms with E-state index in [-0.39, 0.29) is 5.54 Å². The smallest absolute Gasteiger partial charge is 0.142 e. The lowest BCUT2D eigenvalue weighted by Gasteiger charge is -2.47. The Balaban J connectivity index is 2.21. The van der Waals surface area contributed by atoms with Crippen LogP contribution in [0.1, 0.15) is 20.8 Å². The van der Waals surface area contributed by atoms with Crippen LogP contribution in [0, 0.1) is 0 Å². The summed E-state index contributed by atoms with van der Waals surface area (Å²) in [7, 11) is 1.74. The van der Waals surface area contributed by atoms with Crippen molar-refractivity contribution in [2.75, 3.05) is 38.2 Å². The Labute approximate surface area is 110 Å². The summed E-state index contributed by atoms with van der Waals surface area (Å²) in [6.45, 7) is 11.2. The van der Waals surface area contributed by atoms with Crippen molar-refractivity contribution in [3.8, 4) is 5.75 Å². The highest BCUT2D eigenvalue weighted by Gasteiger charge is 2.33. The van der Waals surface area contributed by atoms with E-state index in [0.717, 1.165) is 31.9 Å². The number of hydrogen-bond donors (Lipinski definition) is 0. The SMILES string of the molecule is CCN1CCN(c2ccccc2OC)CC1(C)C. The number of para-hydroxylation sites is 2. The van der Waals surface area contributed by atoms with Crippen molar-refractivity contribution >= 4 is 5.69 Å². The van der Waals surface area contributed by atoms with E-state index in [4.69, 9.17) is 4.74 Å². The van der Waals surface area contributed by atoms with Crippen LogP contribution in [0.2, 0.25) is 0 Å². The van der Waals surface area contributed by atoms with Crippen LogP contribution >= 0.6 is 0 Å². The molecule has 3 nitrogen and oxygen atoms in total. The van der Waals surface area contributed by atoms with Crippen LogP contribution in [0.4, 0.5) is 5.69 Å². The van der Waals surface area contributed by atoms with E-state index >= 15 is 0 Å². The third kappa shape index (κ3) is 2.46. The second kappa shape index (κ2) is 5.19. The molecule has 0 radical (unpaired) electrons. The zero-order valence-corrected chi connectivity index (χ0v) is 11.9. The molecule has 0 aliphatic carbocycles. The molecule has 0 bridgehead atoms. The molecule has 1 heterocycles. The van der Waals surface area contributed by atoms with Crippen molar-refractivity contribution in [3.05, 3.63) is 24.3 Å². The van der Waals surface area contributed by atoms with Crippen molar-refractivity contribution in [2.24, 2.45) is 0 Å². The summed E-state index contributed by atoms with van der Waals surface area (Å²) in [5.41, 5.74) is 1.43. The summed E-state index contributed by atoms with van der Waals surface area (Å²) < 4.78 is 5.46. The third-order valence-corrected chi connectivity index (χ3v) is 3.88. The highest BCUT2D eigenvalue weighted by Crippen LogP contribution is 2.31. The topological polar surface area (TPSA) is 15.7 Å². The summed E-state index contributed by atoms with van der Waals surface area (Å²) in [6, 6.07) is 8.29. The number of rotatable bonds is 3. The number of piperazine rings is 1. The van der Waals surface area contributed by atoms with Gasteiger partial charge in [0.25, 0.3) is 0 Å². The number of benzene rings is 1. The van der Waals surface area contributed by atoms with Gasteiger partial charge in [-0.2, -0.15) is 0 Å². The monoisotopic (exact) mass is 248 g/mol. The molecule has 1 saturated heterocycles. The lowest BCUT2D eigenvalue weighted by molar-refractivity contribution is 0.111. The van der Waals surface area contributed by atoms with E-state index in [1.165, 1.54) is 5.69 Å². The Bertz CT molecular complexity index is 403. The average molecular weight is 248 g/mol. The Morgan fingerprint density at radius 2 is 1.94 bits per heavy atom. The van der Waals surface area contributed by atoms with Crippen LogP contribution in [-0.4, -0.2) is 43.7 Å². The van der Waals surface area contributed by atoms with E-state index in [1.54, 1.807) is 7.11 Å². The van der Waals surface area contributed by atoms with Crippen LogP contribution in [0.3, 0.4) is 0 Å². The first kappa shape index (κ1) is 13.2. The van der Waals surface area contributed by atoms with E-state index in [1.807, 2.05) is 12.1 Å².